The lowest BCUT2D eigenvalue weighted by Gasteiger charge is -2.06. The Morgan fingerprint density at radius 1 is 0.348 bits per heavy atom. The molecule has 0 spiro atoms. The number of hydrogen-bond donors (Lipinski definition) is 1. The van der Waals surface area contributed by atoms with E-state index in [1.165, 1.54) is 193 Å². The molecule has 0 heterocycles. The van der Waals surface area contributed by atoms with Crippen molar-refractivity contribution in [1.82, 2.24) is 0 Å². The summed E-state index contributed by atoms with van der Waals surface area (Å²) >= 11 is 0. The Balaban J connectivity index is 0. The van der Waals surface area contributed by atoms with Gasteiger partial charge in [0.15, 0.2) is 0 Å². The number of carbonyl (C=O) groups is 2. The molecule has 0 saturated carbocycles. The van der Waals surface area contributed by atoms with Crippen molar-refractivity contribution in [2.45, 2.75) is 252 Å². The summed E-state index contributed by atoms with van der Waals surface area (Å²) in [6.45, 7) is 7.43. The number of carbonyl (C=O) groups excluding carboxylic acids is 1. The van der Waals surface area contributed by atoms with Crippen LogP contribution in [0.2, 0.25) is 0 Å². The van der Waals surface area contributed by atoms with E-state index in [1.54, 1.807) is 0 Å². The van der Waals surface area contributed by atoms with Crippen molar-refractivity contribution in [2.75, 3.05) is 6.61 Å². The molecule has 0 radical (unpaired) electrons. The van der Waals surface area contributed by atoms with E-state index in [9.17, 15) is 9.59 Å². The molecular formula is C42H84O4. The highest BCUT2D eigenvalue weighted by Crippen LogP contribution is 2.14. The molecule has 0 aliphatic heterocycles. The van der Waals surface area contributed by atoms with Gasteiger partial charge in [0.05, 0.1) is 6.61 Å². The van der Waals surface area contributed by atoms with Crippen LogP contribution in [0.4, 0.5) is 0 Å². The van der Waals surface area contributed by atoms with Crippen LogP contribution in [0, 0.1) is 0 Å². The molecule has 4 nitrogen and oxygen atoms in total. The van der Waals surface area contributed by atoms with Gasteiger partial charge in [-0.15, -0.1) is 0 Å². The minimum absolute atomic E-state index is 0.0222. The highest BCUT2D eigenvalue weighted by Gasteiger charge is 2.03. The zero-order valence-electron chi connectivity index (χ0n) is 31.8. The van der Waals surface area contributed by atoms with E-state index in [1.807, 2.05) is 0 Å². The van der Waals surface area contributed by atoms with E-state index in [2.05, 4.69) is 20.8 Å². The van der Waals surface area contributed by atoms with E-state index in [0.29, 0.717) is 19.4 Å². The second kappa shape index (κ2) is 43.9. The van der Waals surface area contributed by atoms with Crippen LogP contribution in [0.5, 0.6) is 0 Å². The monoisotopic (exact) mass is 653 g/mol. The number of carboxylic acids is 1. The van der Waals surface area contributed by atoms with Gasteiger partial charge in [0.25, 0.3) is 0 Å². The summed E-state index contributed by atoms with van der Waals surface area (Å²) in [6.07, 6.45) is 45.7. The standard InChI is InChI=1S/C28H56O2.C14H28O2/c1-3-5-7-9-11-13-15-17-19-21-23-25-27-30-28(29)26-24-22-20-18-16-14-12-10-8-6-4-2;1-2-3-4-5-6-7-8-9-10-11-12-13-14(15)16/h3-27H2,1-2H3;2-13H2,1H3,(H,15,16). The first-order valence-corrected chi connectivity index (χ1v) is 21.0. The summed E-state index contributed by atoms with van der Waals surface area (Å²) in [6, 6.07) is 0. The molecule has 0 saturated heterocycles. The van der Waals surface area contributed by atoms with Crippen LogP contribution in [0.25, 0.3) is 0 Å². The van der Waals surface area contributed by atoms with Gasteiger partial charge in [0.2, 0.25) is 0 Å². The first kappa shape index (κ1) is 47.1. The van der Waals surface area contributed by atoms with Crippen molar-refractivity contribution in [3.63, 3.8) is 0 Å². The molecule has 0 aromatic rings. The molecule has 0 amide bonds. The van der Waals surface area contributed by atoms with Gasteiger partial charge in [-0.05, 0) is 19.3 Å². The third-order valence-electron chi connectivity index (χ3n) is 9.24. The fourth-order valence-electron chi connectivity index (χ4n) is 6.08. The molecule has 0 bridgehead atoms. The molecule has 0 aliphatic carbocycles. The van der Waals surface area contributed by atoms with E-state index >= 15 is 0 Å². The average Bonchev–Trinajstić information content (AvgIpc) is 3.05. The lowest BCUT2D eigenvalue weighted by atomic mass is 10.1. The predicted molar refractivity (Wildman–Crippen MR) is 202 cm³/mol. The summed E-state index contributed by atoms with van der Waals surface area (Å²) in [5.41, 5.74) is 0. The van der Waals surface area contributed by atoms with Crippen molar-refractivity contribution in [2.24, 2.45) is 0 Å². The number of ether oxygens (including phenoxy) is 1. The number of esters is 1. The van der Waals surface area contributed by atoms with Crippen LogP contribution in [-0.4, -0.2) is 23.7 Å². The largest absolute Gasteiger partial charge is 0.481 e. The van der Waals surface area contributed by atoms with E-state index in [0.717, 1.165) is 25.7 Å². The van der Waals surface area contributed by atoms with E-state index in [-0.39, 0.29) is 5.97 Å². The smallest absolute Gasteiger partial charge is 0.305 e. The number of unbranched alkanes of at least 4 members (excludes halogenated alkanes) is 31. The predicted octanol–water partition coefficient (Wildman–Crippen LogP) is 14.7. The normalized spacial score (nSPS) is 10.9. The maximum absolute atomic E-state index is 11.8. The summed E-state index contributed by atoms with van der Waals surface area (Å²) in [5, 5.41) is 8.46. The quantitative estimate of drug-likeness (QED) is 0.0536. The molecule has 4 heteroatoms. The van der Waals surface area contributed by atoms with Crippen molar-refractivity contribution in [3.8, 4) is 0 Å². The maximum atomic E-state index is 11.8. The summed E-state index contributed by atoms with van der Waals surface area (Å²) in [4.78, 5) is 22.0. The van der Waals surface area contributed by atoms with Crippen LogP contribution in [0.3, 0.4) is 0 Å². The summed E-state index contributed by atoms with van der Waals surface area (Å²) in [7, 11) is 0. The van der Waals surface area contributed by atoms with Gasteiger partial charge in [-0.2, -0.15) is 0 Å². The minimum atomic E-state index is -0.657. The zero-order valence-corrected chi connectivity index (χ0v) is 31.8. The summed E-state index contributed by atoms with van der Waals surface area (Å²) in [5.74, 6) is -0.634. The number of aliphatic carboxylic acids is 1. The van der Waals surface area contributed by atoms with E-state index in [4.69, 9.17) is 9.84 Å². The molecule has 0 atom stereocenters. The van der Waals surface area contributed by atoms with Gasteiger partial charge >= 0.3 is 11.9 Å². The molecule has 0 aliphatic rings. The Hall–Kier alpha value is -1.06. The van der Waals surface area contributed by atoms with Gasteiger partial charge in [-0.1, -0.05) is 220 Å². The highest BCUT2D eigenvalue weighted by atomic mass is 16.5. The van der Waals surface area contributed by atoms with Crippen LogP contribution < -0.4 is 0 Å². The second-order valence-electron chi connectivity index (χ2n) is 14.1. The Labute approximate surface area is 289 Å². The molecular weight excluding hydrogens is 568 g/mol. The van der Waals surface area contributed by atoms with Crippen molar-refractivity contribution < 1.29 is 19.4 Å². The Morgan fingerprint density at radius 2 is 0.587 bits per heavy atom. The maximum Gasteiger partial charge on any atom is 0.305 e. The molecule has 0 aromatic carbocycles. The lowest BCUT2D eigenvalue weighted by molar-refractivity contribution is -0.144. The van der Waals surface area contributed by atoms with Crippen LogP contribution in [0.1, 0.15) is 252 Å². The van der Waals surface area contributed by atoms with Crippen LogP contribution in [0.15, 0.2) is 0 Å². The molecule has 46 heavy (non-hydrogen) atoms. The van der Waals surface area contributed by atoms with Gasteiger partial charge in [-0.25, -0.2) is 0 Å². The second-order valence-corrected chi connectivity index (χ2v) is 14.1. The van der Waals surface area contributed by atoms with Gasteiger partial charge in [0.1, 0.15) is 0 Å². The first-order chi connectivity index (χ1) is 22.6. The molecule has 0 rings (SSSR count). The fourth-order valence-corrected chi connectivity index (χ4v) is 6.08. The average molecular weight is 653 g/mol. The lowest BCUT2D eigenvalue weighted by Crippen LogP contribution is -2.05. The van der Waals surface area contributed by atoms with E-state index < -0.39 is 5.97 Å². The Bertz CT molecular complexity index is 576. The SMILES string of the molecule is CCCCCCCCCCCCCC(=O)O.CCCCCCCCCCCCCCOC(=O)CCCCCCCCCCCCC. The van der Waals surface area contributed by atoms with Crippen molar-refractivity contribution in [3.05, 3.63) is 0 Å². The molecule has 0 aromatic heterocycles. The number of carboxylic acid groups (broad SMARTS) is 1. The Kier molecular flexibility index (Phi) is 45.0. The summed E-state index contributed by atoms with van der Waals surface area (Å²) < 4.78 is 5.39. The topological polar surface area (TPSA) is 63.6 Å². The van der Waals surface area contributed by atoms with Gasteiger partial charge in [0, 0.05) is 12.8 Å². The van der Waals surface area contributed by atoms with Crippen molar-refractivity contribution >= 4 is 11.9 Å². The third-order valence-corrected chi connectivity index (χ3v) is 9.24. The van der Waals surface area contributed by atoms with Gasteiger partial charge in [-0.3, -0.25) is 9.59 Å². The first-order valence-electron chi connectivity index (χ1n) is 21.0. The van der Waals surface area contributed by atoms with Crippen LogP contribution in [-0.2, 0) is 14.3 Å². The molecule has 1 N–H and O–H groups in total. The number of hydrogen-bond acceptors (Lipinski definition) is 3. The molecule has 0 unspecified atom stereocenters. The highest BCUT2D eigenvalue weighted by molar-refractivity contribution is 5.69. The Morgan fingerprint density at radius 3 is 0.870 bits per heavy atom. The number of rotatable bonds is 37. The van der Waals surface area contributed by atoms with Gasteiger partial charge < -0.3 is 9.84 Å². The zero-order chi connectivity index (χ0) is 34.0. The molecule has 0 fully saturated rings. The third kappa shape index (κ3) is 47.3. The van der Waals surface area contributed by atoms with Crippen molar-refractivity contribution in [1.29, 1.82) is 0 Å². The molecule has 276 valence electrons. The fraction of sp³-hybridized carbons (Fsp3) is 0.952. The van der Waals surface area contributed by atoms with Crippen LogP contribution >= 0.6 is 0 Å². The minimum Gasteiger partial charge on any atom is -0.481 e.